The smallest absolute Gasteiger partial charge is 0.274 e. The molecule has 2 aliphatic rings. The molecule has 130 valence electrons. The number of amides is 1. The van der Waals surface area contributed by atoms with Gasteiger partial charge in [0.1, 0.15) is 12.4 Å². The lowest BCUT2D eigenvalue weighted by molar-refractivity contribution is -0.121. The molecule has 1 aromatic rings. The molecule has 0 bridgehead atoms. The number of carbonyl (C=O) groups is 1. The summed E-state index contributed by atoms with van der Waals surface area (Å²) in [4.78, 5) is 17.7. The molecule has 0 spiro atoms. The van der Waals surface area contributed by atoms with E-state index in [2.05, 4.69) is 4.99 Å². The SMILES string of the molecule is COCC(=O)N=C1S[C@@H]2CS(=O)(=O)C[C@H]2N1Cc1ccc(F)cc1. The summed E-state index contributed by atoms with van der Waals surface area (Å²) in [5, 5.41) is 0.371. The molecule has 0 N–H and O–H groups in total. The summed E-state index contributed by atoms with van der Waals surface area (Å²) >= 11 is 1.31. The molecule has 1 aromatic carbocycles. The van der Waals surface area contributed by atoms with Crippen molar-refractivity contribution in [3.8, 4) is 0 Å². The fourth-order valence-electron chi connectivity index (χ4n) is 2.87. The van der Waals surface area contributed by atoms with Crippen LogP contribution in [0.2, 0.25) is 0 Å². The monoisotopic (exact) mass is 372 g/mol. The van der Waals surface area contributed by atoms with Crippen molar-refractivity contribution in [2.45, 2.75) is 17.8 Å². The van der Waals surface area contributed by atoms with Gasteiger partial charge in [-0.3, -0.25) is 4.79 Å². The van der Waals surface area contributed by atoms with Crippen LogP contribution in [0.15, 0.2) is 29.3 Å². The number of sulfone groups is 1. The van der Waals surface area contributed by atoms with Gasteiger partial charge in [-0.2, -0.15) is 4.99 Å². The van der Waals surface area contributed by atoms with Gasteiger partial charge in [-0.05, 0) is 17.7 Å². The van der Waals surface area contributed by atoms with E-state index in [1.807, 2.05) is 4.90 Å². The Bertz CT molecular complexity index is 764. The van der Waals surface area contributed by atoms with Crippen LogP contribution in [-0.4, -0.2) is 60.9 Å². The lowest BCUT2D eigenvalue weighted by Gasteiger charge is -2.24. The first-order valence-electron chi connectivity index (χ1n) is 7.36. The minimum Gasteiger partial charge on any atom is -0.375 e. The number of nitrogens with zero attached hydrogens (tertiary/aromatic N) is 2. The van der Waals surface area contributed by atoms with Gasteiger partial charge in [0.25, 0.3) is 5.91 Å². The number of ether oxygens (including phenoxy) is 1. The molecule has 0 radical (unpaired) electrons. The number of amidine groups is 1. The molecule has 0 aliphatic carbocycles. The molecule has 6 nitrogen and oxygen atoms in total. The van der Waals surface area contributed by atoms with E-state index in [-0.39, 0.29) is 35.2 Å². The van der Waals surface area contributed by atoms with Crippen LogP contribution in [0.1, 0.15) is 5.56 Å². The van der Waals surface area contributed by atoms with Gasteiger partial charge >= 0.3 is 0 Å². The predicted octanol–water partition coefficient (Wildman–Crippen LogP) is 1.07. The molecule has 24 heavy (non-hydrogen) atoms. The number of thioether (sulfide) groups is 1. The first-order chi connectivity index (χ1) is 11.4. The third-order valence-corrected chi connectivity index (χ3v) is 7.18. The van der Waals surface area contributed by atoms with Crippen LogP contribution in [0.25, 0.3) is 0 Å². The lowest BCUT2D eigenvalue weighted by Crippen LogP contribution is -2.37. The van der Waals surface area contributed by atoms with Crippen molar-refractivity contribution in [3.63, 3.8) is 0 Å². The van der Waals surface area contributed by atoms with Gasteiger partial charge in [0.05, 0.1) is 17.5 Å². The Kier molecular flexibility index (Phi) is 4.93. The summed E-state index contributed by atoms with van der Waals surface area (Å²) in [7, 11) is -1.67. The Hall–Kier alpha value is -1.45. The van der Waals surface area contributed by atoms with Crippen LogP contribution in [0.5, 0.6) is 0 Å². The number of hydrogen-bond donors (Lipinski definition) is 0. The summed E-state index contributed by atoms with van der Waals surface area (Å²) in [6.45, 7) is 0.255. The Balaban J connectivity index is 1.86. The van der Waals surface area contributed by atoms with E-state index in [0.717, 1.165) is 5.56 Å². The maximum absolute atomic E-state index is 13.1. The van der Waals surface area contributed by atoms with E-state index < -0.39 is 15.7 Å². The second-order valence-corrected chi connectivity index (χ2v) is 9.14. The summed E-state index contributed by atoms with van der Waals surface area (Å²) in [6.07, 6.45) is 0. The summed E-state index contributed by atoms with van der Waals surface area (Å²) in [5.74, 6) is -0.615. The third-order valence-electron chi connectivity index (χ3n) is 3.93. The van der Waals surface area contributed by atoms with Crippen molar-refractivity contribution >= 4 is 32.7 Å². The molecule has 2 atom stereocenters. The first kappa shape index (κ1) is 17.4. The standard InChI is InChI=1S/C15H17FN2O4S2/c1-22-7-14(19)17-15-18(6-10-2-4-11(16)5-3-10)12-8-24(20,21)9-13(12)23-15/h2-5,12-13H,6-9H2,1H3/t12-,13-/m1/s1. The molecule has 9 heteroatoms. The average molecular weight is 372 g/mol. The van der Waals surface area contributed by atoms with Crippen LogP contribution >= 0.6 is 11.8 Å². The second kappa shape index (κ2) is 6.81. The largest absolute Gasteiger partial charge is 0.375 e. The van der Waals surface area contributed by atoms with Crippen LogP contribution < -0.4 is 0 Å². The summed E-state index contributed by atoms with van der Waals surface area (Å²) < 4.78 is 41.7. The average Bonchev–Trinajstić information content (AvgIpc) is 2.95. The Morgan fingerprint density at radius 3 is 2.75 bits per heavy atom. The Labute approximate surface area is 144 Å². The van der Waals surface area contributed by atoms with E-state index in [1.54, 1.807) is 12.1 Å². The number of halogens is 1. The van der Waals surface area contributed by atoms with Crippen molar-refractivity contribution < 1.29 is 22.3 Å². The normalized spacial score (nSPS) is 26.8. The molecule has 2 saturated heterocycles. The van der Waals surface area contributed by atoms with Gasteiger partial charge < -0.3 is 9.64 Å². The zero-order valence-electron chi connectivity index (χ0n) is 13.0. The second-order valence-electron chi connectivity index (χ2n) is 5.78. The molecule has 2 fully saturated rings. The number of hydrogen-bond acceptors (Lipinski definition) is 5. The molecule has 2 heterocycles. The van der Waals surface area contributed by atoms with Crippen molar-refractivity contribution in [1.82, 2.24) is 4.90 Å². The molecule has 3 rings (SSSR count). The maximum Gasteiger partial charge on any atom is 0.274 e. The highest BCUT2D eigenvalue weighted by Crippen LogP contribution is 2.39. The fraction of sp³-hybridized carbons (Fsp3) is 0.467. The van der Waals surface area contributed by atoms with E-state index in [1.165, 1.54) is 31.0 Å². The van der Waals surface area contributed by atoms with Crippen molar-refractivity contribution in [1.29, 1.82) is 0 Å². The molecule has 1 amide bonds. The third kappa shape index (κ3) is 3.79. The van der Waals surface area contributed by atoms with Gasteiger partial charge in [0, 0.05) is 18.9 Å². The fourth-order valence-corrected chi connectivity index (χ4v) is 6.84. The molecular formula is C15H17FN2O4S2. The van der Waals surface area contributed by atoms with Crippen LogP contribution in [0.4, 0.5) is 4.39 Å². The van der Waals surface area contributed by atoms with Crippen molar-refractivity contribution in [3.05, 3.63) is 35.6 Å². The molecule has 2 aliphatic heterocycles. The number of methoxy groups -OCH3 is 1. The first-order valence-corrected chi connectivity index (χ1v) is 10.1. The minimum absolute atomic E-state index is 0.0450. The zero-order chi connectivity index (χ0) is 17.3. The highest BCUT2D eigenvalue weighted by molar-refractivity contribution is 8.15. The van der Waals surface area contributed by atoms with Gasteiger partial charge in [-0.15, -0.1) is 0 Å². The predicted molar refractivity (Wildman–Crippen MR) is 90.1 cm³/mol. The molecular weight excluding hydrogens is 355 g/mol. The van der Waals surface area contributed by atoms with Gasteiger partial charge in [-0.25, -0.2) is 12.8 Å². The summed E-state index contributed by atoms with van der Waals surface area (Å²) in [6, 6.07) is 5.78. The zero-order valence-corrected chi connectivity index (χ0v) is 14.6. The molecule has 0 unspecified atom stereocenters. The quantitative estimate of drug-likeness (QED) is 0.787. The number of rotatable bonds is 4. The number of fused-ring (bicyclic) bond motifs is 1. The van der Waals surface area contributed by atoms with Crippen molar-refractivity contribution in [2.75, 3.05) is 25.2 Å². The van der Waals surface area contributed by atoms with Crippen molar-refractivity contribution in [2.24, 2.45) is 4.99 Å². The molecule has 0 saturated carbocycles. The van der Waals surface area contributed by atoms with Gasteiger partial charge in [0.15, 0.2) is 15.0 Å². The number of aliphatic imine (C=N–C) groups is 1. The highest BCUT2D eigenvalue weighted by Gasteiger charge is 2.48. The van der Waals surface area contributed by atoms with E-state index in [9.17, 15) is 17.6 Å². The van der Waals surface area contributed by atoms with Crippen LogP contribution in [0, 0.1) is 5.82 Å². The minimum atomic E-state index is -3.09. The van der Waals surface area contributed by atoms with E-state index in [0.29, 0.717) is 11.7 Å². The maximum atomic E-state index is 13.1. The molecule has 0 aromatic heterocycles. The van der Waals surface area contributed by atoms with Crippen LogP contribution in [0.3, 0.4) is 0 Å². The number of carbonyl (C=O) groups excluding carboxylic acids is 1. The Morgan fingerprint density at radius 1 is 1.38 bits per heavy atom. The lowest BCUT2D eigenvalue weighted by atomic mass is 10.1. The van der Waals surface area contributed by atoms with E-state index >= 15 is 0 Å². The Morgan fingerprint density at radius 2 is 2.08 bits per heavy atom. The highest BCUT2D eigenvalue weighted by atomic mass is 32.2. The van der Waals surface area contributed by atoms with Crippen LogP contribution in [-0.2, 0) is 25.9 Å². The van der Waals surface area contributed by atoms with Gasteiger partial charge in [0.2, 0.25) is 0 Å². The topological polar surface area (TPSA) is 76.0 Å². The van der Waals surface area contributed by atoms with E-state index in [4.69, 9.17) is 4.74 Å². The summed E-state index contributed by atoms with van der Waals surface area (Å²) in [5.41, 5.74) is 0.828. The number of benzene rings is 1. The van der Waals surface area contributed by atoms with Gasteiger partial charge in [-0.1, -0.05) is 23.9 Å².